The average molecular weight is 342 g/mol. The third kappa shape index (κ3) is 3.55. The molecule has 7 heteroatoms. The Bertz CT molecular complexity index is 754. The molecule has 1 saturated heterocycles. The predicted molar refractivity (Wildman–Crippen MR) is 94.2 cm³/mol. The minimum Gasteiger partial charge on any atom is -0.328 e. The number of carbonyl (C=O) groups is 1. The van der Waals surface area contributed by atoms with Crippen LogP contribution in [0.3, 0.4) is 0 Å². The van der Waals surface area contributed by atoms with Crippen LogP contribution in [0.15, 0.2) is 6.07 Å². The average Bonchev–Trinajstić information content (AvgIpc) is 3.11. The summed E-state index contributed by atoms with van der Waals surface area (Å²) in [5.41, 5.74) is 2.17. The molecule has 1 N–H and O–H groups in total. The maximum atomic E-state index is 13.3. The molecule has 0 radical (unpaired) electrons. The highest BCUT2D eigenvalue weighted by atomic mass is 16.2. The summed E-state index contributed by atoms with van der Waals surface area (Å²) in [5.74, 6) is 1.86. The Morgan fingerprint density at radius 1 is 1.36 bits per heavy atom. The van der Waals surface area contributed by atoms with Crippen LogP contribution in [0.4, 0.5) is 0 Å². The summed E-state index contributed by atoms with van der Waals surface area (Å²) >= 11 is 0. The van der Waals surface area contributed by atoms with Gasteiger partial charge in [0.1, 0.15) is 5.82 Å². The Hall–Kier alpha value is -2.31. The van der Waals surface area contributed by atoms with Gasteiger partial charge in [0.2, 0.25) is 0 Å². The van der Waals surface area contributed by atoms with E-state index in [1.165, 1.54) is 0 Å². The molecule has 1 atom stereocenters. The number of aryl methyl sites for hydroxylation is 2. The van der Waals surface area contributed by atoms with Gasteiger partial charge < -0.3 is 4.90 Å². The minimum absolute atomic E-state index is 0.0158. The quantitative estimate of drug-likeness (QED) is 0.923. The van der Waals surface area contributed by atoms with E-state index in [1.807, 2.05) is 24.8 Å². The van der Waals surface area contributed by atoms with E-state index in [-0.39, 0.29) is 17.9 Å². The van der Waals surface area contributed by atoms with Gasteiger partial charge in [-0.2, -0.15) is 15.3 Å². The van der Waals surface area contributed by atoms with Gasteiger partial charge in [0.05, 0.1) is 23.0 Å². The highest BCUT2D eigenvalue weighted by Gasteiger charge is 2.32. The third-order valence-corrected chi connectivity index (χ3v) is 4.67. The number of aromatic nitrogens is 5. The van der Waals surface area contributed by atoms with E-state index < -0.39 is 0 Å². The fourth-order valence-corrected chi connectivity index (χ4v) is 3.27. The van der Waals surface area contributed by atoms with Crippen molar-refractivity contribution in [3.63, 3.8) is 0 Å². The molecular weight excluding hydrogens is 316 g/mol. The first-order chi connectivity index (χ1) is 12.0. The fraction of sp³-hybridized carbons (Fsp3) is 0.611. The van der Waals surface area contributed by atoms with Crippen LogP contribution < -0.4 is 0 Å². The van der Waals surface area contributed by atoms with Gasteiger partial charge in [-0.25, -0.2) is 4.98 Å². The van der Waals surface area contributed by atoms with E-state index in [2.05, 4.69) is 39.2 Å². The van der Waals surface area contributed by atoms with Gasteiger partial charge in [0, 0.05) is 12.5 Å². The maximum Gasteiger partial charge on any atom is 0.256 e. The maximum absolute atomic E-state index is 13.3. The normalized spacial score (nSPS) is 18.0. The van der Waals surface area contributed by atoms with Crippen molar-refractivity contribution in [1.29, 1.82) is 0 Å². The number of rotatable bonds is 4. The van der Waals surface area contributed by atoms with E-state index in [9.17, 15) is 4.79 Å². The second-order valence-electron chi connectivity index (χ2n) is 6.94. The number of amides is 1. The molecular formula is C18H26N6O. The minimum atomic E-state index is -0.0561. The molecule has 1 fully saturated rings. The summed E-state index contributed by atoms with van der Waals surface area (Å²) in [4.78, 5) is 19.8. The van der Waals surface area contributed by atoms with E-state index in [4.69, 9.17) is 0 Å². The summed E-state index contributed by atoms with van der Waals surface area (Å²) in [6, 6.07) is 1.79. The van der Waals surface area contributed by atoms with E-state index in [0.717, 1.165) is 48.8 Å². The summed E-state index contributed by atoms with van der Waals surface area (Å²) in [5, 5.41) is 15.7. The van der Waals surface area contributed by atoms with Gasteiger partial charge in [-0.05, 0) is 38.7 Å². The van der Waals surface area contributed by atoms with Crippen molar-refractivity contribution in [3.8, 4) is 0 Å². The molecule has 0 aliphatic carbocycles. The number of piperidine rings is 1. The van der Waals surface area contributed by atoms with Crippen LogP contribution in [0.25, 0.3) is 0 Å². The van der Waals surface area contributed by atoms with E-state index >= 15 is 0 Å². The molecule has 3 heterocycles. The van der Waals surface area contributed by atoms with Crippen molar-refractivity contribution >= 4 is 5.91 Å². The number of H-pyrrole nitrogens is 1. The zero-order chi connectivity index (χ0) is 18.0. The van der Waals surface area contributed by atoms with Crippen LogP contribution in [-0.2, 0) is 6.42 Å². The lowest BCUT2D eigenvalue weighted by atomic mass is 9.99. The Morgan fingerprint density at radius 2 is 2.16 bits per heavy atom. The summed E-state index contributed by atoms with van der Waals surface area (Å²) < 4.78 is 0. The molecule has 1 aliphatic rings. The standard InChI is InChI=1S/C18H26N6O/c1-5-14-13(10-12(4)20-21-14)18(25)24-9-7-6-8-15(24)17-19-16(11(2)3)22-23-17/h10-11,15H,5-9H2,1-4H3,(H,19,22,23)/t15-/m1/s1. The third-order valence-electron chi connectivity index (χ3n) is 4.67. The van der Waals surface area contributed by atoms with E-state index in [0.29, 0.717) is 12.0 Å². The van der Waals surface area contributed by atoms with Gasteiger partial charge in [-0.3, -0.25) is 9.89 Å². The molecule has 0 bridgehead atoms. The first kappa shape index (κ1) is 17.5. The van der Waals surface area contributed by atoms with Gasteiger partial charge in [0.25, 0.3) is 5.91 Å². The number of hydrogen-bond acceptors (Lipinski definition) is 5. The first-order valence-electron chi connectivity index (χ1n) is 9.07. The first-order valence-corrected chi connectivity index (χ1v) is 9.07. The molecule has 2 aromatic heterocycles. The lowest BCUT2D eigenvalue weighted by molar-refractivity contribution is 0.0598. The van der Waals surface area contributed by atoms with Gasteiger partial charge in [0.15, 0.2) is 5.82 Å². The Balaban J connectivity index is 1.92. The van der Waals surface area contributed by atoms with Crippen molar-refractivity contribution in [2.75, 3.05) is 6.54 Å². The number of hydrogen-bond donors (Lipinski definition) is 1. The number of nitrogens with one attached hydrogen (secondary N) is 1. The number of carbonyl (C=O) groups excluding carboxylic acids is 1. The monoisotopic (exact) mass is 342 g/mol. The number of aromatic amines is 1. The topological polar surface area (TPSA) is 87.7 Å². The molecule has 134 valence electrons. The predicted octanol–water partition coefficient (Wildman–Crippen LogP) is 2.96. The molecule has 3 rings (SSSR count). The van der Waals surface area contributed by atoms with E-state index in [1.54, 1.807) is 0 Å². The van der Waals surface area contributed by atoms with Crippen molar-refractivity contribution in [3.05, 3.63) is 34.7 Å². The lowest BCUT2D eigenvalue weighted by Crippen LogP contribution is -2.39. The zero-order valence-corrected chi connectivity index (χ0v) is 15.4. The molecule has 0 unspecified atom stereocenters. The van der Waals surface area contributed by atoms with Crippen molar-refractivity contribution in [1.82, 2.24) is 30.3 Å². The summed E-state index contributed by atoms with van der Waals surface area (Å²) in [6.45, 7) is 8.72. The van der Waals surface area contributed by atoms with Crippen LogP contribution in [0, 0.1) is 6.92 Å². The van der Waals surface area contributed by atoms with Crippen LogP contribution in [0.1, 0.15) is 85.4 Å². The Morgan fingerprint density at radius 3 is 2.84 bits per heavy atom. The summed E-state index contributed by atoms with van der Waals surface area (Å²) in [7, 11) is 0. The molecule has 0 aromatic carbocycles. The fourth-order valence-electron chi connectivity index (χ4n) is 3.27. The van der Waals surface area contributed by atoms with Crippen LogP contribution >= 0.6 is 0 Å². The Labute approximate surface area is 148 Å². The highest BCUT2D eigenvalue weighted by Crippen LogP contribution is 2.31. The largest absolute Gasteiger partial charge is 0.328 e. The number of nitrogens with zero attached hydrogens (tertiary/aromatic N) is 5. The zero-order valence-electron chi connectivity index (χ0n) is 15.4. The van der Waals surface area contributed by atoms with Crippen LogP contribution in [0.2, 0.25) is 0 Å². The van der Waals surface area contributed by atoms with Crippen molar-refractivity contribution < 1.29 is 4.79 Å². The van der Waals surface area contributed by atoms with Crippen molar-refractivity contribution in [2.45, 2.75) is 65.3 Å². The number of likely N-dealkylation sites (tertiary alicyclic amines) is 1. The molecule has 1 aliphatic heterocycles. The van der Waals surface area contributed by atoms with Crippen molar-refractivity contribution in [2.24, 2.45) is 0 Å². The van der Waals surface area contributed by atoms with Gasteiger partial charge in [-0.15, -0.1) is 0 Å². The summed E-state index contributed by atoms with van der Waals surface area (Å²) in [6.07, 6.45) is 3.68. The Kier molecular flexibility index (Phi) is 5.11. The molecule has 7 nitrogen and oxygen atoms in total. The van der Waals surface area contributed by atoms with Crippen LogP contribution in [-0.4, -0.2) is 42.7 Å². The second kappa shape index (κ2) is 7.29. The van der Waals surface area contributed by atoms with Gasteiger partial charge >= 0.3 is 0 Å². The second-order valence-corrected chi connectivity index (χ2v) is 6.94. The SMILES string of the molecule is CCc1nnc(C)cc1C(=O)N1CCCC[C@@H]1c1nc(C(C)C)n[nH]1. The molecule has 0 spiro atoms. The van der Waals surface area contributed by atoms with Gasteiger partial charge in [-0.1, -0.05) is 20.8 Å². The smallest absolute Gasteiger partial charge is 0.256 e. The molecule has 0 saturated carbocycles. The van der Waals surface area contributed by atoms with Crippen LogP contribution in [0.5, 0.6) is 0 Å². The molecule has 2 aromatic rings. The molecule has 1 amide bonds. The highest BCUT2D eigenvalue weighted by molar-refractivity contribution is 5.95. The lowest BCUT2D eigenvalue weighted by Gasteiger charge is -2.34. The molecule has 25 heavy (non-hydrogen) atoms.